The molecular formula is C40H25BF10N10O5Tb+. The van der Waals surface area contributed by atoms with Gasteiger partial charge < -0.3 is 39.1 Å². The molecule has 3 N–H and O–H groups in total. The second-order valence-electron chi connectivity index (χ2n) is 12.5. The summed E-state index contributed by atoms with van der Waals surface area (Å²) in [4.78, 5) is 33.3. The van der Waals surface area contributed by atoms with Crippen molar-refractivity contribution in [3.05, 3.63) is 179 Å². The van der Waals surface area contributed by atoms with Gasteiger partial charge in [-0.15, -0.1) is 0 Å². The molecule has 0 amide bonds. The molecule has 0 spiro atoms. The van der Waals surface area contributed by atoms with Crippen LogP contribution in [0, 0.1) is 108 Å². The number of nitrogens with zero attached hydrogens (tertiary/aromatic N) is 10. The van der Waals surface area contributed by atoms with Crippen molar-refractivity contribution in [1.82, 2.24) is 44.0 Å². The third kappa shape index (κ3) is 12.3. The first-order valence-electron chi connectivity index (χ1n) is 17.9. The fourth-order valence-electron chi connectivity index (χ4n) is 5.52. The van der Waals surface area contributed by atoms with Crippen molar-refractivity contribution in [3.8, 4) is 40.2 Å². The van der Waals surface area contributed by atoms with E-state index in [1.165, 1.54) is 6.92 Å². The number of pyridine rings is 3. The third-order valence-corrected chi connectivity index (χ3v) is 8.40. The molecule has 27 heteroatoms. The Morgan fingerprint density at radius 3 is 0.925 bits per heavy atom. The number of aromatic carboxylic acids is 2. The van der Waals surface area contributed by atoms with Crippen LogP contribution in [0.4, 0.5) is 43.9 Å². The molecule has 6 aromatic heterocycles. The van der Waals surface area contributed by atoms with Crippen LogP contribution in [-0.2, 0) is 5.48 Å². The van der Waals surface area contributed by atoms with E-state index in [1.54, 1.807) is 24.7 Å². The predicted molar refractivity (Wildman–Crippen MR) is 207 cm³/mol. The van der Waals surface area contributed by atoms with Crippen LogP contribution in [0.3, 0.4) is 0 Å². The number of aromatic nitrogens is 9. The summed E-state index contributed by atoms with van der Waals surface area (Å²) in [5.74, 6) is -28.7. The minimum atomic E-state index is -2.47. The summed E-state index contributed by atoms with van der Waals surface area (Å²) in [7, 11) is -1.56. The van der Waals surface area contributed by atoms with E-state index in [2.05, 4.69) is 15.0 Å². The molecule has 15 nitrogen and oxygen atoms in total. The zero-order valence-corrected chi connectivity index (χ0v) is 35.5. The van der Waals surface area contributed by atoms with Gasteiger partial charge in [-0.3, -0.25) is 15.0 Å². The second-order valence-corrected chi connectivity index (χ2v) is 12.5. The van der Waals surface area contributed by atoms with Gasteiger partial charge in [0.05, 0.1) is 46.2 Å². The summed E-state index contributed by atoms with van der Waals surface area (Å²) in [6.07, 6.45) is 11.1. The van der Waals surface area contributed by atoms with Gasteiger partial charge in [-0.1, -0.05) is 18.2 Å². The molecule has 0 bridgehead atoms. The Morgan fingerprint density at radius 1 is 0.478 bits per heavy atom. The maximum absolute atomic E-state index is 12.5. The summed E-state index contributed by atoms with van der Waals surface area (Å²) in [6.45, 7) is 1.43. The molecule has 8 rings (SSSR count). The Hall–Kier alpha value is -7.44. The van der Waals surface area contributed by atoms with Crippen LogP contribution >= 0.6 is 0 Å². The molecule has 346 valence electrons. The maximum Gasteiger partial charge on any atom is 3.00 e. The van der Waals surface area contributed by atoms with Gasteiger partial charge in [0, 0.05) is 25.5 Å². The number of carbonyl (C=O) groups excluding carboxylic acids is 2. The number of carboxylic acids is 2. The number of hydrogen-bond donors (Lipinski definition) is 0. The minimum Gasteiger partial charge on any atom is -0.545 e. The van der Waals surface area contributed by atoms with E-state index in [9.17, 15) is 63.7 Å². The number of halogens is 10. The number of rotatable bonds is 8. The van der Waals surface area contributed by atoms with Crippen molar-refractivity contribution in [2.24, 2.45) is 0 Å². The summed E-state index contributed by atoms with van der Waals surface area (Å²) in [5.41, 5.74) is 0.839. The van der Waals surface area contributed by atoms with Gasteiger partial charge in [0.15, 0.2) is 46.5 Å². The summed E-state index contributed by atoms with van der Waals surface area (Å²) in [5, 5.41) is 41.8. The fraction of sp³-hybridized carbons (Fsp3) is 0.0250. The van der Waals surface area contributed by atoms with Gasteiger partial charge in [-0.25, -0.2) is 59.2 Å². The molecule has 0 saturated carbocycles. The first kappa shape index (κ1) is 53.9. The van der Waals surface area contributed by atoms with Gasteiger partial charge in [0.2, 0.25) is 11.6 Å². The Bertz CT molecular complexity index is 2700. The van der Waals surface area contributed by atoms with Crippen molar-refractivity contribution >= 4 is 19.1 Å². The summed E-state index contributed by atoms with van der Waals surface area (Å²) in [6, 6.07) is 24.9. The Morgan fingerprint density at radius 2 is 0.716 bits per heavy atom. The maximum atomic E-state index is 12.5. The van der Waals surface area contributed by atoms with Crippen molar-refractivity contribution < 1.29 is 108 Å². The first-order valence-corrected chi connectivity index (χ1v) is 17.9. The van der Waals surface area contributed by atoms with Crippen LogP contribution in [0.25, 0.3) is 34.2 Å². The molecule has 0 aliphatic carbocycles. The number of benzene rings is 2. The number of nitriles is 1. The van der Waals surface area contributed by atoms with Crippen LogP contribution in [0.15, 0.2) is 110 Å². The molecule has 2 aromatic carbocycles. The van der Waals surface area contributed by atoms with E-state index in [4.69, 9.17) is 20.6 Å². The SMILES string of the molecule is CC#N.O=C([O-])c1c(F)c(F)c(F)c(F)c1F.O=C([O-])c1c(F)c(F)c(F)c(F)c1F.[OH3+].[Tb+3].c1ccc(-c2ccn([BH-](n3ccc(-c4ccccn4)n3)n3ccc(-c4ccccn4)n3)n2)nc1. The Kier molecular flexibility index (Phi) is 19.5. The van der Waals surface area contributed by atoms with E-state index in [0.717, 1.165) is 34.2 Å². The van der Waals surface area contributed by atoms with Crippen LogP contribution in [0.2, 0.25) is 0 Å². The molecular weight excluding hydrogens is 1060 g/mol. The van der Waals surface area contributed by atoms with E-state index < -0.39 is 88.4 Å². The molecule has 0 aliphatic rings. The predicted octanol–water partition coefficient (Wildman–Crippen LogP) is 4.22. The molecule has 0 saturated heterocycles. The number of carbonyl (C=O) groups is 2. The molecule has 67 heavy (non-hydrogen) atoms. The molecule has 6 heterocycles. The quantitative estimate of drug-likeness (QED) is 0.0688. The van der Waals surface area contributed by atoms with Crippen LogP contribution in [0.1, 0.15) is 27.6 Å². The molecule has 0 atom stereocenters. The van der Waals surface area contributed by atoms with Crippen molar-refractivity contribution in [1.29, 1.82) is 5.26 Å². The van der Waals surface area contributed by atoms with Crippen LogP contribution < -0.4 is 10.2 Å². The summed E-state index contributed by atoms with van der Waals surface area (Å²) >= 11 is 0. The molecule has 0 radical (unpaired) electrons. The standard InChI is InChI=1S/C24H19BN9.2C7HF5O2.C2H3N.H2O.Tb/c1-4-13-26-19(7-1)22-10-16-32(29-22)25(33-17-11-23(30-33)20-8-2-5-14-27-20)34-18-12-24(31-34)21-9-3-6-15-28-21;2*8-2-1(7(13)14)3(9)5(11)6(12)4(2)10;1-2-3;;/h1-18,25H;2*(H,13,14);1H3;1H2;/q-1;;;;;+3/p-1. The van der Waals surface area contributed by atoms with Crippen molar-refractivity contribution in [3.63, 3.8) is 0 Å². The van der Waals surface area contributed by atoms with Crippen LogP contribution in [0.5, 0.6) is 0 Å². The van der Waals surface area contributed by atoms with Gasteiger partial charge in [-0.2, -0.15) is 5.26 Å². The average Bonchev–Trinajstić information content (AvgIpc) is 4.11. The zero-order valence-electron chi connectivity index (χ0n) is 33.4. The molecule has 0 unspecified atom stereocenters. The second kappa shape index (κ2) is 24.2. The zero-order chi connectivity index (χ0) is 47.5. The van der Waals surface area contributed by atoms with Gasteiger partial charge in [-0.05, 0) is 73.2 Å². The molecule has 0 fully saturated rings. The van der Waals surface area contributed by atoms with E-state index in [-0.39, 0.29) is 44.1 Å². The van der Waals surface area contributed by atoms with Gasteiger partial charge in [0.25, 0.3) is 0 Å². The van der Waals surface area contributed by atoms with E-state index in [1.807, 2.05) is 105 Å². The molecule has 8 aromatic rings. The topological polar surface area (TPSA) is 229 Å². The largest absolute Gasteiger partial charge is 3.00 e. The first-order chi connectivity index (χ1) is 31.0. The fourth-order valence-corrected chi connectivity index (χ4v) is 5.52. The minimum absolute atomic E-state index is 0. The number of hydrogen-bond acceptors (Lipinski definition) is 11. The van der Waals surface area contributed by atoms with Crippen molar-refractivity contribution in [2.45, 2.75) is 6.92 Å². The van der Waals surface area contributed by atoms with E-state index in [0.29, 0.717) is 0 Å². The van der Waals surface area contributed by atoms with Crippen molar-refractivity contribution in [2.75, 3.05) is 0 Å². The van der Waals surface area contributed by atoms with Gasteiger partial charge >= 0.3 is 45.7 Å². The monoisotopic (exact) mass is 1090 g/mol. The smallest absolute Gasteiger partial charge is 0.545 e. The Labute approximate surface area is 400 Å². The molecule has 0 aliphatic heterocycles. The Balaban J connectivity index is 0.000000300. The number of carboxylic acid groups (broad SMARTS) is 2. The normalized spacial score (nSPS) is 10.1. The third-order valence-electron chi connectivity index (χ3n) is 8.40. The van der Waals surface area contributed by atoms with Gasteiger partial charge in [0.1, 0.15) is 17.1 Å². The summed E-state index contributed by atoms with van der Waals surface area (Å²) < 4.78 is 130. The van der Waals surface area contributed by atoms with E-state index >= 15 is 0 Å². The van der Waals surface area contributed by atoms with Crippen LogP contribution in [-0.4, -0.2) is 63.1 Å². The average molecular weight is 1090 g/mol.